The van der Waals surface area contributed by atoms with E-state index < -0.39 is 0 Å². The zero-order valence-corrected chi connectivity index (χ0v) is 45.2. The van der Waals surface area contributed by atoms with Crippen LogP contribution in [0.3, 0.4) is 0 Å². The van der Waals surface area contributed by atoms with Crippen molar-refractivity contribution >= 4 is 87.9 Å². The first-order valence-electron chi connectivity index (χ1n) is 28.4. The fourth-order valence-corrected chi connectivity index (χ4v) is 13.0. The van der Waals surface area contributed by atoms with Gasteiger partial charge in [0.1, 0.15) is 0 Å². The van der Waals surface area contributed by atoms with Gasteiger partial charge in [-0.25, -0.2) is 0 Å². The summed E-state index contributed by atoms with van der Waals surface area (Å²) in [5.74, 6) is 0. The molecule has 0 aliphatic rings. The summed E-state index contributed by atoms with van der Waals surface area (Å²) in [7, 11) is 0. The van der Waals surface area contributed by atoms with Crippen LogP contribution in [0.5, 0.6) is 0 Å². The van der Waals surface area contributed by atoms with E-state index in [2.05, 4.69) is 328 Å². The molecule has 382 valence electrons. The summed E-state index contributed by atoms with van der Waals surface area (Å²) < 4.78 is 0. The van der Waals surface area contributed by atoms with Gasteiger partial charge in [0.15, 0.2) is 0 Å². The molecule has 0 aliphatic carbocycles. The van der Waals surface area contributed by atoms with Crippen LogP contribution >= 0.6 is 0 Å². The van der Waals surface area contributed by atoms with E-state index in [0.29, 0.717) is 0 Å². The zero-order chi connectivity index (χ0) is 54.3. The van der Waals surface area contributed by atoms with Gasteiger partial charge < -0.3 is 0 Å². The van der Waals surface area contributed by atoms with Crippen LogP contribution in [0.1, 0.15) is 33.4 Å². The lowest BCUT2D eigenvalue weighted by Crippen LogP contribution is -1.96. The lowest BCUT2D eigenvalue weighted by Gasteiger charge is -2.24. The van der Waals surface area contributed by atoms with Crippen molar-refractivity contribution in [1.29, 1.82) is 0 Å². The van der Waals surface area contributed by atoms with E-state index in [1.54, 1.807) is 0 Å². The molecule has 0 spiro atoms. The smallest absolute Gasteiger partial charge is 0.00139 e. The molecule has 0 saturated carbocycles. The zero-order valence-electron chi connectivity index (χ0n) is 45.2. The quantitative estimate of drug-likeness (QED) is 0.0946. The van der Waals surface area contributed by atoms with Crippen LogP contribution in [-0.2, 0) is 0 Å². The lowest BCUT2D eigenvalue weighted by atomic mass is 9.79. The molecule has 0 saturated heterocycles. The predicted octanol–water partition coefficient (Wildman–Crippen LogP) is 22.5. The highest BCUT2D eigenvalue weighted by Crippen LogP contribution is 2.53. The summed E-state index contributed by atoms with van der Waals surface area (Å²) in [6, 6.07) is 116. The minimum atomic E-state index is 1.16. The first kappa shape index (κ1) is 48.5. The van der Waals surface area contributed by atoms with E-state index in [9.17, 15) is 0 Å². The van der Waals surface area contributed by atoms with Crippen LogP contribution in [0, 0.1) is 0 Å². The van der Waals surface area contributed by atoms with Gasteiger partial charge in [0.2, 0.25) is 0 Å². The Hall–Kier alpha value is -10.7. The summed E-state index contributed by atoms with van der Waals surface area (Å²) in [6.07, 6.45) is 4.64. The van der Waals surface area contributed by atoms with Crippen LogP contribution in [0.25, 0.3) is 132 Å². The molecule has 0 aliphatic heterocycles. The van der Waals surface area contributed by atoms with E-state index in [4.69, 9.17) is 0 Å². The van der Waals surface area contributed by atoms with E-state index in [1.165, 1.54) is 143 Å². The number of fused-ring (bicyclic) bond motifs is 6. The first-order valence-corrected chi connectivity index (χ1v) is 28.4. The Morgan fingerprint density at radius 3 is 0.524 bits per heavy atom. The van der Waals surface area contributed by atoms with Crippen LogP contribution in [-0.4, -0.2) is 0 Å². The standard InChI is InChI=1S/C82H54/c1-5-25-57(26-6-1)75(58-27-7-2-8-28-58)53-55-45-49-61(50-46-55)77-63-33-13-17-37-67(63)79(68-38-18-14-34-64(68)77)81-71-41-21-23-43-73(71)82(74-44-24-22-42-72(74)81)80-69-39-19-15-35-65(69)78(66-36-16-20-40-70(66)80)62-51-47-56(48-52-62)54-76(59-29-9-3-10-30-59)60-31-11-4-12-32-60/h1-54H. The van der Waals surface area contributed by atoms with E-state index >= 15 is 0 Å². The second kappa shape index (κ2) is 20.9. The molecule has 15 aromatic rings. The minimum Gasteiger partial charge on any atom is -0.0622 e. The van der Waals surface area contributed by atoms with Crippen LogP contribution in [0.4, 0.5) is 0 Å². The number of hydrogen-bond donors (Lipinski definition) is 0. The summed E-state index contributed by atoms with van der Waals surface area (Å²) >= 11 is 0. The SMILES string of the molecule is C(=C(c1ccccc1)c1ccccc1)c1ccc(-c2c3ccccc3c(-c3c4ccccc4c(-c4c5ccccc5c(-c5ccc(C=C(c6ccccc6)c6ccccc6)cc5)c5ccccc45)c4ccccc34)c3ccccc23)cc1. The minimum absolute atomic E-state index is 1.16. The summed E-state index contributed by atoms with van der Waals surface area (Å²) in [6.45, 7) is 0. The Balaban J connectivity index is 0.911. The normalized spacial score (nSPS) is 11.4. The maximum absolute atomic E-state index is 2.36. The Kier molecular flexibility index (Phi) is 12.3. The van der Waals surface area contributed by atoms with Crippen LogP contribution in [0.2, 0.25) is 0 Å². The number of benzene rings is 15. The van der Waals surface area contributed by atoms with E-state index in [0.717, 1.165) is 11.1 Å². The molecule has 0 unspecified atom stereocenters. The molecule has 0 N–H and O–H groups in total. The van der Waals surface area contributed by atoms with Gasteiger partial charge in [0, 0.05) is 0 Å². The second-order valence-electron chi connectivity index (χ2n) is 21.3. The van der Waals surface area contributed by atoms with Gasteiger partial charge in [-0.05, 0) is 166 Å². The molecule has 82 heavy (non-hydrogen) atoms. The third-order valence-corrected chi connectivity index (χ3v) is 16.7. The second-order valence-corrected chi connectivity index (χ2v) is 21.3. The molecule has 0 heterocycles. The van der Waals surface area contributed by atoms with Crippen molar-refractivity contribution in [3.8, 4) is 44.5 Å². The van der Waals surface area contributed by atoms with Gasteiger partial charge in [-0.1, -0.05) is 315 Å². The molecule has 15 aromatic carbocycles. The summed E-state index contributed by atoms with van der Waals surface area (Å²) in [4.78, 5) is 0. The average molecular weight is 1040 g/mol. The topological polar surface area (TPSA) is 0 Å². The van der Waals surface area contributed by atoms with Crippen LogP contribution < -0.4 is 0 Å². The Morgan fingerprint density at radius 2 is 0.329 bits per heavy atom. The van der Waals surface area contributed by atoms with Gasteiger partial charge in [-0.15, -0.1) is 0 Å². The third-order valence-electron chi connectivity index (χ3n) is 16.7. The van der Waals surface area contributed by atoms with Gasteiger partial charge in [0.25, 0.3) is 0 Å². The monoisotopic (exact) mass is 1040 g/mol. The Morgan fingerprint density at radius 1 is 0.159 bits per heavy atom. The van der Waals surface area contributed by atoms with Crippen LogP contribution in [0.15, 0.2) is 315 Å². The van der Waals surface area contributed by atoms with Gasteiger partial charge in [0.05, 0.1) is 0 Å². The van der Waals surface area contributed by atoms with Crippen molar-refractivity contribution < 1.29 is 0 Å². The van der Waals surface area contributed by atoms with E-state index in [1.807, 2.05) is 0 Å². The van der Waals surface area contributed by atoms with Crippen molar-refractivity contribution in [2.24, 2.45) is 0 Å². The van der Waals surface area contributed by atoms with E-state index in [-0.39, 0.29) is 0 Å². The van der Waals surface area contributed by atoms with Crippen molar-refractivity contribution in [2.75, 3.05) is 0 Å². The molecule has 0 bridgehead atoms. The Labute approximate surface area is 478 Å². The van der Waals surface area contributed by atoms with Gasteiger partial charge >= 0.3 is 0 Å². The molecule has 15 rings (SSSR count). The highest BCUT2D eigenvalue weighted by Gasteiger charge is 2.25. The molecule has 0 heteroatoms. The molecule has 0 fully saturated rings. The number of rotatable bonds is 10. The predicted molar refractivity (Wildman–Crippen MR) is 353 cm³/mol. The van der Waals surface area contributed by atoms with Gasteiger partial charge in [-0.3, -0.25) is 0 Å². The van der Waals surface area contributed by atoms with Gasteiger partial charge in [-0.2, -0.15) is 0 Å². The van der Waals surface area contributed by atoms with Crippen molar-refractivity contribution in [3.05, 3.63) is 349 Å². The highest BCUT2D eigenvalue weighted by atomic mass is 14.3. The largest absolute Gasteiger partial charge is 0.0622 e. The summed E-state index contributed by atoms with van der Waals surface area (Å²) in [5, 5.41) is 14.8. The molecule has 0 aromatic heterocycles. The first-order chi connectivity index (χ1) is 40.7. The fourth-order valence-electron chi connectivity index (χ4n) is 13.0. The molecular weight excluding hydrogens is 985 g/mol. The average Bonchev–Trinajstić information content (AvgIpc) is 2.19. The fraction of sp³-hybridized carbons (Fsp3) is 0. The molecular formula is C82H54. The van der Waals surface area contributed by atoms with Crippen molar-refractivity contribution in [2.45, 2.75) is 0 Å². The molecule has 0 amide bonds. The van der Waals surface area contributed by atoms with Crippen molar-refractivity contribution in [3.63, 3.8) is 0 Å². The highest BCUT2D eigenvalue weighted by molar-refractivity contribution is 6.33. The maximum Gasteiger partial charge on any atom is -0.00139 e. The number of hydrogen-bond acceptors (Lipinski definition) is 0. The Bertz CT molecular complexity index is 4380. The molecule has 0 nitrogen and oxygen atoms in total. The molecule has 0 atom stereocenters. The third kappa shape index (κ3) is 8.49. The van der Waals surface area contributed by atoms with Crippen molar-refractivity contribution in [1.82, 2.24) is 0 Å². The maximum atomic E-state index is 2.36. The molecule has 0 radical (unpaired) electrons. The lowest BCUT2D eigenvalue weighted by molar-refractivity contribution is 1.55. The summed E-state index contributed by atoms with van der Waals surface area (Å²) in [5.41, 5.74) is 19.4.